The van der Waals surface area contributed by atoms with Gasteiger partial charge < -0.3 is 16.0 Å². The van der Waals surface area contributed by atoms with Crippen LogP contribution in [0.2, 0.25) is 0 Å². The molecular weight excluding hydrogens is 374 g/mol. The molecule has 2 atom stereocenters. The lowest BCUT2D eigenvalue weighted by Crippen LogP contribution is -2.92. The van der Waals surface area contributed by atoms with Crippen molar-refractivity contribution < 1.29 is 14.9 Å². The number of benzene rings is 3. The largest absolute Gasteiger partial charge is 0.326 e. The fourth-order valence-corrected chi connectivity index (χ4v) is 3.32. The zero-order chi connectivity index (χ0) is 21.5. The molecule has 0 spiro atoms. The van der Waals surface area contributed by atoms with Crippen LogP contribution in [0.5, 0.6) is 0 Å². The van der Waals surface area contributed by atoms with Crippen molar-refractivity contribution in [2.45, 2.75) is 32.9 Å². The molecule has 0 unspecified atom stereocenters. The van der Waals surface area contributed by atoms with E-state index in [9.17, 15) is 9.59 Å². The number of anilines is 2. The third kappa shape index (κ3) is 5.78. The Bertz CT molecular complexity index is 983. The minimum Gasteiger partial charge on any atom is -0.326 e. The Morgan fingerprint density at radius 1 is 0.767 bits per heavy atom. The SMILES string of the molecule is CC(=O)Nc1ccc(NC(=O)[C@H](C)[NH2+][C@H](c2ccccc2)c2ccc(C)cc2)cc1. The lowest BCUT2D eigenvalue weighted by molar-refractivity contribution is -0.704. The summed E-state index contributed by atoms with van der Waals surface area (Å²) in [4.78, 5) is 24.0. The van der Waals surface area contributed by atoms with Gasteiger partial charge in [0, 0.05) is 29.4 Å². The molecule has 3 aromatic carbocycles. The van der Waals surface area contributed by atoms with Gasteiger partial charge in [-0.05, 0) is 38.1 Å². The lowest BCUT2D eigenvalue weighted by Gasteiger charge is -2.21. The maximum absolute atomic E-state index is 12.8. The Hall–Kier alpha value is -3.44. The van der Waals surface area contributed by atoms with E-state index >= 15 is 0 Å². The first-order valence-electron chi connectivity index (χ1n) is 10.1. The van der Waals surface area contributed by atoms with Gasteiger partial charge in [-0.25, -0.2) is 0 Å². The summed E-state index contributed by atoms with van der Waals surface area (Å²) < 4.78 is 0. The first kappa shape index (κ1) is 21.3. The van der Waals surface area contributed by atoms with E-state index in [0.717, 1.165) is 11.1 Å². The number of amides is 2. The smallest absolute Gasteiger partial charge is 0.282 e. The van der Waals surface area contributed by atoms with E-state index < -0.39 is 0 Å². The van der Waals surface area contributed by atoms with Gasteiger partial charge in [0.05, 0.1) is 0 Å². The van der Waals surface area contributed by atoms with Gasteiger partial charge in [0.25, 0.3) is 5.91 Å². The van der Waals surface area contributed by atoms with Crippen molar-refractivity contribution in [1.29, 1.82) is 0 Å². The van der Waals surface area contributed by atoms with Crippen LogP contribution in [-0.2, 0) is 9.59 Å². The number of hydrogen-bond acceptors (Lipinski definition) is 2. The average Bonchev–Trinajstić information content (AvgIpc) is 2.74. The number of quaternary nitrogens is 1. The molecule has 30 heavy (non-hydrogen) atoms. The van der Waals surface area contributed by atoms with Gasteiger partial charge in [0.2, 0.25) is 5.91 Å². The molecule has 0 saturated heterocycles. The highest BCUT2D eigenvalue weighted by molar-refractivity contribution is 5.94. The molecule has 4 N–H and O–H groups in total. The van der Waals surface area contributed by atoms with E-state index in [1.165, 1.54) is 12.5 Å². The molecule has 3 rings (SSSR count). The second-order valence-electron chi connectivity index (χ2n) is 7.53. The number of aryl methyl sites for hydroxylation is 1. The molecule has 0 aliphatic carbocycles. The molecule has 0 fully saturated rings. The van der Waals surface area contributed by atoms with Crippen LogP contribution < -0.4 is 16.0 Å². The highest BCUT2D eigenvalue weighted by Crippen LogP contribution is 2.19. The van der Waals surface area contributed by atoms with Crippen LogP contribution >= 0.6 is 0 Å². The minimum absolute atomic E-state index is 0.0229. The van der Waals surface area contributed by atoms with Gasteiger partial charge >= 0.3 is 0 Å². The number of nitrogens with one attached hydrogen (secondary N) is 2. The third-order valence-corrected chi connectivity index (χ3v) is 4.96. The number of nitrogens with two attached hydrogens (primary N) is 1. The Labute approximate surface area is 177 Å². The molecular formula is C25H28N3O2+. The zero-order valence-electron chi connectivity index (χ0n) is 17.6. The van der Waals surface area contributed by atoms with Gasteiger partial charge in [-0.2, -0.15) is 0 Å². The lowest BCUT2D eigenvalue weighted by atomic mass is 9.97. The standard InChI is InChI=1S/C25H27N3O2/c1-17-9-11-21(12-10-17)24(20-7-5-4-6-8-20)26-18(2)25(30)28-23-15-13-22(14-16-23)27-19(3)29/h4-16,18,24,26H,1-3H3,(H,27,29)(H,28,30)/p+1/t18-,24+/m0/s1. The molecule has 0 bridgehead atoms. The Balaban J connectivity index is 1.71. The molecule has 0 aromatic heterocycles. The summed E-state index contributed by atoms with van der Waals surface area (Å²) in [6, 6.07) is 25.5. The summed E-state index contributed by atoms with van der Waals surface area (Å²) in [6.45, 7) is 5.44. The van der Waals surface area contributed by atoms with E-state index in [1.807, 2.05) is 25.1 Å². The van der Waals surface area contributed by atoms with Gasteiger partial charge in [0.15, 0.2) is 6.04 Å². The first-order chi connectivity index (χ1) is 14.4. The van der Waals surface area contributed by atoms with Crippen LogP contribution in [0, 0.1) is 6.92 Å². The molecule has 0 heterocycles. The summed E-state index contributed by atoms with van der Waals surface area (Å²) >= 11 is 0. The van der Waals surface area contributed by atoms with Crippen molar-refractivity contribution in [2.75, 3.05) is 10.6 Å². The molecule has 0 radical (unpaired) electrons. The fourth-order valence-electron chi connectivity index (χ4n) is 3.32. The molecule has 5 heteroatoms. The summed E-state index contributed by atoms with van der Waals surface area (Å²) in [5.41, 5.74) is 4.91. The van der Waals surface area contributed by atoms with Gasteiger partial charge in [-0.15, -0.1) is 0 Å². The average molecular weight is 403 g/mol. The van der Waals surface area contributed by atoms with Crippen LogP contribution in [0.15, 0.2) is 78.9 Å². The number of carbonyl (C=O) groups excluding carboxylic acids is 2. The van der Waals surface area contributed by atoms with E-state index in [2.05, 4.69) is 59.3 Å². The maximum Gasteiger partial charge on any atom is 0.282 e. The van der Waals surface area contributed by atoms with E-state index in [4.69, 9.17) is 0 Å². The van der Waals surface area contributed by atoms with Crippen LogP contribution in [0.3, 0.4) is 0 Å². The number of rotatable bonds is 7. The molecule has 2 amide bonds. The highest BCUT2D eigenvalue weighted by atomic mass is 16.2. The second kappa shape index (κ2) is 9.85. The van der Waals surface area contributed by atoms with E-state index in [-0.39, 0.29) is 23.9 Å². The van der Waals surface area contributed by atoms with Crippen molar-refractivity contribution in [1.82, 2.24) is 0 Å². The molecule has 0 aliphatic heterocycles. The molecule has 5 nitrogen and oxygen atoms in total. The van der Waals surface area contributed by atoms with Crippen LogP contribution in [-0.4, -0.2) is 17.9 Å². The summed E-state index contributed by atoms with van der Waals surface area (Å²) in [6.07, 6.45) is 0. The Kier molecular flexibility index (Phi) is 6.99. The maximum atomic E-state index is 12.8. The predicted molar refractivity (Wildman–Crippen MR) is 120 cm³/mol. The third-order valence-electron chi connectivity index (χ3n) is 4.96. The number of hydrogen-bond donors (Lipinski definition) is 3. The van der Waals surface area contributed by atoms with Gasteiger partial charge in [-0.1, -0.05) is 60.2 Å². The normalized spacial score (nSPS) is 12.6. The summed E-state index contributed by atoms with van der Waals surface area (Å²) in [5, 5.41) is 7.76. The zero-order valence-corrected chi connectivity index (χ0v) is 17.6. The monoisotopic (exact) mass is 402 g/mol. The van der Waals surface area contributed by atoms with Crippen LogP contribution in [0.25, 0.3) is 0 Å². The Morgan fingerprint density at radius 3 is 1.87 bits per heavy atom. The topological polar surface area (TPSA) is 74.8 Å². The van der Waals surface area contributed by atoms with Crippen LogP contribution in [0.1, 0.15) is 36.6 Å². The van der Waals surface area contributed by atoms with Gasteiger partial charge in [-0.3, -0.25) is 9.59 Å². The fraction of sp³-hybridized carbons (Fsp3) is 0.200. The van der Waals surface area contributed by atoms with Crippen LogP contribution in [0.4, 0.5) is 11.4 Å². The second-order valence-corrected chi connectivity index (χ2v) is 7.53. The van der Waals surface area contributed by atoms with Crippen molar-refractivity contribution in [2.24, 2.45) is 0 Å². The van der Waals surface area contributed by atoms with Gasteiger partial charge in [0.1, 0.15) is 6.04 Å². The molecule has 0 aliphatic rings. The molecule has 154 valence electrons. The molecule has 0 saturated carbocycles. The first-order valence-corrected chi connectivity index (χ1v) is 10.1. The van der Waals surface area contributed by atoms with Crippen molar-refractivity contribution in [3.8, 4) is 0 Å². The van der Waals surface area contributed by atoms with E-state index in [1.54, 1.807) is 24.3 Å². The van der Waals surface area contributed by atoms with Crippen molar-refractivity contribution in [3.63, 3.8) is 0 Å². The van der Waals surface area contributed by atoms with Crippen molar-refractivity contribution >= 4 is 23.2 Å². The summed E-state index contributed by atoms with van der Waals surface area (Å²) in [5.74, 6) is -0.201. The Morgan fingerprint density at radius 2 is 1.30 bits per heavy atom. The van der Waals surface area contributed by atoms with Crippen molar-refractivity contribution in [3.05, 3.63) is 95.6 Å². The summed E-state index contributed by atoms with van der Waals surface area (Å²) in [7, 11) is 0. The highest BCUT2D eigenvalue weighted by Gasteiger charge is 2.24. The minimum atomic E-state index is -0.300. The molecule has 3 aromatic rings. The van der Waals surface area contributed by atoms with E-state index in [0.29, 0.717) is 11.4 Å². The predicted octanol–water partition coefficient (Wildman–Crippen LogP) is 3.63. The number of carbonyl (C=O) groups is 2. The quantitative estimate of drug-likeness (QED) is 0.564.